The summed E-state index contributed by atoms with van der Waals surface area (Å²) < 4.78 is 81.1. The highest BCUT2D eigenvalue weighted by Gasteiger charge is 2.54. The molecule has 22 rings (SSSR count). The fourth-order valence-corrected chi connectivity index (χ4v) is 20.9. The number of rotatable bonds is 8. The SMILES string of the molecule is [2H]c1c([2H])c([2H])c2c(c1[2H])c1c([2H])c([2H])c([2H])c([2H])c1n2-c1ccc2c(c1)N(c1c(-c3ccc(C(C)(C)C)cc3)cccc1-c1ccc(C(C)(C)C)cc1)c1cc(C(C)(C)C)cc3c1B2c1ccc(-n2c4ccccc4c4c5c(ccc42)-c2ccccc2C52c4ccccc4-c4ccccc42)cc1N3c1c(-c2ccc(C(C)(C)C)cc2)cccc1-c1ccc(C(C)(C)C)cc1. The molecule has 0 fully saturated rings. The van der Waals surface area contributed by atoms with Gasteiger partial charge in [0, 0.05) is 77.9 Å². The summed E-state index contributed by atoms with van der Waals surface area (Å²) >= 11 is 0. The Morgan fingerprint density at radius 2 is 0.615 bits per heavy atom. The third-order valence-electron chi connectivity index (χ3n) is 27.0. The van der Waals surface area contributed by atoms with Crippen LogP contribution in [0.4, 0.5) is 34.1 Å². The van der Waals surface area contributed by atoms with Crippen LogP contribution in [-0.2, 0) is 32.5 Å². The van der Waals surface area contributed by atoms with Crippen molar-refractivity contribution < 1.29 is 11.0 Å². The van der Waals surface area contributed by atoms with E-state index in [4.69, 9.17) is 0 Å². The summed E-state index contributed by atoms with van der Waals surface area (Å²) in [6, 6.07) is 106. The number of nitrogens with zero attached hydrogens (tertiary/aromatic N) is 4. The molecule has 0 amide bonds. The molecule has 2 aromatic heterocycles. The maximum Gasteiger partial charge on any atom is 0.252 e. The minimum absolute atomic E-state index is 0.0101. The molecule has 0 radical (unpaired) electrons. The molecule has 0 saturated carbocycles. The van der Waals surface area contributed by atoms with Crippen molar-refractivity contribution >= 4 is 101 Å². The zero-order valence-corrected chi connectivity index (χ0v) is 72.1. The van der Waals surface area contributed by atoms with Gasteiger partial charge in [0.2, 0.25) is 0 Å². The van der Waals surface area contributed by atoms with Gasteiger partial charge in [-0.05, 0) is 199 Å². The smallest absolute Gasteiger partial charge is 0.252 e. The zero-order chi connectivity index (χ0) is 90.5. The molecule has 592 valence electrons. The van der Waals surface area contributed by atoms with Crippen LogP contribution in [-0.4, -0.2) is 15.8 Å². The quantitative estimate of drug-likeness (QED) is 0.141. The van der Waals surface area contributed by atoms with Crippen LogP contribution < -0.4 is 26.2 Å². The average Bonchev–Trinajstić information content (AvgIpc) is 1.51. The van der Waals surface area contributed by atoms with E-state index in [1.165, 1.54) is 72.1 Å². The minimum Gasteiger partial charge on any atom is -0.310 e. The van der Waals surface area contributed by atoms with E-state index < -0.39 is 53.8 Å². The molecule has 0 atom stereocenters. The van der Waals surface area contributed by atoms with Gasteiger partial charge in [0.25, 0.3) is 6.71 Å². The van der Waals surface area contributed by atoms with Crippen molar-refractivity contribution in [3.05, 3.63) is 390 Å². The van der Waals surface area contributed by atoms with Crippen LogP contribution in [0, 0.1) is 0 Å². The maximum absolute atomic E-state index is 10.0. The third-order valence-corrected chi connectivity index (χ3v) is 27.0. The summed E-state index contributed by atoms with van der Waals surface area (Å²) in [6.45, 7) is 33.6. The summed E-state index contributed by atoms with van der Waals surface area (Å²) in [5.74, 6) is 0. The van der Waals surface area contributed by atoms with Gasteiger partial charge >= 0.3 is 0 Å². The Morgan fingerprint density at radius 1 is 0.270 bits per heavy atom. The fraction of sp³-hybridized carbons (Fsp3) is 0.179. The van der Waals surface area contributed by atoms with E-state index in [-0.39, 0.29) is 55.6 Å². The lowest BCUT2D eigenvalue weighted by Gasteiger charge is -2.46. The summed E-state index contributed by atoms with van der Waals surface area (Å²) in [5.41, 5.74) is 34.4. The Labute approximate surface area is 730 Å². The van der Waals surface area contributed by atoms with Gasteiger partial charge in [-0.25, -0.2) is 0 Å². The number of hydrogen-bond acceptors (Lipinski definition) is 2. The number of aromatic nitrogens is 2. The monoisotopic (exact) mass is 1580 g/mol. The van der Waals surface area contributed by atoms with Gasteiger partial charge in [-0.1, -0.05) is 383 Å². The molecular formula is C117H101BN4. The molecule has 0 bridgehead atoms. The lowest BCUT2D eigenvalue weighted by atomic mass is 9.33. The van der Waals surface area contributed by atoms with E-state index in [2.05, 4.69) is 403 Å². The summed E-state index contributed by atoms with van der Waals surface area (Å²) in [7, 11) is 0. The van der Waals surface area contributed by atoms with Crippen LogP contribution in [0.2, 0.25) is 0 Å². The molecule has 16 aromatic carbocycles. The van der Waals surface area contributed by atoms with Crippen LogP contribution in [0.5, 0.6) is 0 Å². The number of hydrogen-bond donors (Lipinski definition) is 0. The van der Waals surface area contributed by atoms with Crippen LogP contribution in [0.1, 0.15) is 165 Å². The number of para-hydroxylation sites is 5. The molecular weight excluding hydrogens is 1470 g/mol. The number of fused-ring (bicyclic) bond motifs is 21. The van der Waals surface area contributed by atoms with E-state index in [0.717, 1.165) is 123 Å². The second kappa shape index (κ2) is 26.9. The normalized spacial score (nSPS) is 14.8. The van der Waals surface area contributed by atoms with Gasteiger partial charge < -0.3 is 18.9 Å². The van der Waals surface area contributed by atoms with Crippen LogP contribution in [0.25, 0.3) is 122 Å². The maximum atomic E-state index is 10.0. The van der Waals surface area contributed by atoms with Crippen molar-refractivity contribution in [3.8, 4) is 78.1 Å². The van der Waals surface area contributed by atoms with Gasteiger partial charge in [0.15, 0.2) is 0 Å². The molecule has 4 nitrogen and oxygen atoms in total. The Balaban J connectivity index is 0.908. The standard InChI is InChI=1S/C117H101BN4/c1-112(2,3)76-54-46-72(47-55-76)83-36-28-37-84(73-48-56-77(57-49-73)113(4,5)6)110(83)121-103-70-81(119-99-43-25-19-33-90(99)91-34-20-26-44-100(91)119)62-65-97(103)118-98-66-63-82(120-101-45-27-21-35-93(101)107-102(120)67-64-92-89-32-18-24-42-96(89)117(108(92)107)94-40-22-16-30-87(94)88-31-17-23-41-95(88)117)71-104(98)122(106-69-80(116(13,14)15)68-105(121)109(106)118)111-85(74-50-58-78(59-51-74)114(7,8)9)38-29-39-86(111)75-52-60-79(61-53-75)115(10,11)12/h16-71H,1-15H3/i19D,20D,25D,26D,33D,34D,43D,44D. The van der Waals surface area contributed by atoms with Gasteiger partial charge in [0.1, 0.15) is 0 Å². The van der Waals surface area contributed by atoms with Crippen LogP contribution in [0.3, 0.4) is 0 Å². The first-order valence-electron chi connectivity index (χ1n) is 47.2. The van der Waals surface area contributed by atoms with Crippen molar-refractivity contribution in [1.29, 1.82) is 0 Å². The molecule has 122 heavy (non-hydrogen) atoms. The summed E-state index contributed by atoms with van der Waals surface area (Å²) in [4.78, 5) is 5.14. The molecule has 1 spiro atoms. The number of benzene rings is 16. The van der Waals surface area contributed by atoms with Gasteiger partial charge in [-0.3, -0.25) is 0 Å². The highest BCUT2D eigenvalue weighted by atomic mass is 15.2. The summed E-state index contributed by atoms with van der Waals surface area (Å²) in [6.07, 6.45) is 0. The van der Waals surface area contributed by atoms with E-state index in [0.29, 0.717) is 5.69 Å². The lowest BCUT2D eigenvalue weighted by molar-refractivity contribution is 0.590. The van der Waals surface area contributed by atoms with Crippen molar-refractivity contribution in [2.24, 2.45) is 0 Å². The molecule has 4 aliphatic rings. The van der Waals surface area contributed by atoms with Gasteiger partial charge in [-0.2, -0.15) is 0 Å². The fourth-order valence-electron chi connectivity index (χ4n) is 20.9. The van der Waals surface area contributed by atoms with Crippen molar-refractivity contribution in [2.75, 3.05) is 9.80 Å². The highest BCUT2D eigenvalue weighted by Crippen LogP contribution is 2.65. The number of anilines is 6. The van der Waals surface area contributed by atoms with E-state index >= 15 is 0 Å². The van der Waals surface area contributed by atoms with E-state index in [1.807, 2.05) is 6.07 Å². The zero-order valence-electron chi connectivity index (χ0n) is 80.1. The Bertz CT molecular complexity index is 7600. The second-order valence-corrected chi connectivity index (χ2v) is 39.4. The molecule has 2 aliphatic carbocycles. The summed E-state index contributed by atoms with van der Waals surface area (Å²) in [5, 5.41) is 2.36. The Kier molecular flexibility index (Phi) is 14.7. The first-order valence-corrected chi connectivity index (χ1v) is 43.2. The van der Waals surface area contributed by atoms with Crippen molar-refractivity contribution in [3.63, 3.8) is 0 Å². The minimum atomic E-state index is -0.657. The second-order valence-electron chi connectivity index (χ2n) is 39.4. The third kappa shape index (κ3) is 11.3. The van der Waals surface area contributed by atoms with Crippen LogP contribution in [0.15, 0.2) is 340 Å². The molecule has 18 aromatic rings. The topological polar surface area (TPSA) is 16.3 Å². The Hall–Kier alpha value is -13.2. The lowest BCUT2D eigenvalue weighted by Crippen LogP contribution is -2.61. The largest absolute Gasteiger partial charge is 0.310 e. The molecule has 0 saturated heterocycles. The molecule has 0 N–H and O–H groups in total. The molecule has 5 heteroatoms. The van der Waals surface area contributed by atoms with E-state index in [9.17, 15) is 11.0 Å². The predicted molar refractivity (Wildman–Crippen MR) is 521 cm³/mol. The van der Waals surface area contributed by atoms with Gasteiger partial charge in [-0.15, -0.1) is 0 Å². The molecule has 4 heterocycles. The van der Waals surface area contributed by atoms with E-state index in [1.54, 1.807) is 4.57 Å². The first kappa shape index (κ1) is 66.6. The predicted octanol–water partition coefficient (Wildman–Crippen LogP) is 29.5. The van der Waals surface area contributed by atoms with Gasteiger partial charge in [0.05, 0.1) is 49.8 Å². The Morgan fingerprint density at radius 3 is 1.01 bits per heavy atom. The average molecular weight is 1580 g/mol. The molecule has 2 aliphatic heterocycles. The highest BCUT2D eigenvalue weighted by molar-refractivity contribution is 7.00. The van der Waals surface area contributed by atoms with Crippen LogP contribution >= 0.6 is 0 Å². The van der Waals surface area contributed by atoms with Crippen molar-refractivity contribution in [2.45, 2.75) is 136 Å². The molecule has 0 unspecified atom stereocenters. The first-order chi connectivity index (χ1) is 62.0. The van der Waals surface area contributed by atoms with Crippen molar-refractivity contribution in [1.82, 2.24) is 9.13 Å².